The van der Waals surface area contributed by atoms with Crippen molar-refractivity contribution in [2.75, 3.05) is 0 Å². The molecule has 0 fully saturated rings. The van der Waals surface area contributed by atoms with Crippen LogP contribution in [-0.2, 0) is 0 Å². The van der Waals surface area contributed by atoms with Crippen molar-refractivity contribution in [3.05, 3.63) is 20.8 Å². The van der Waals surface area contributed by atoms with Gasteiger partial charge in [-0.1, -0.05) is 6.92 Å². The minimum absolute atomic E-state index is 0.265. The number of nitriles is 1. The van der Waals surface area contributed by atoms with Crippen molar-refractivity contribution in [2.24, 2.45) is 0 Å². The first-order valence-corrected chi connectivity index (χ1v) is 4.68. The number of rotatable bonds is 3. The average Bonchev–Trinajstić information content (AvgIpc) is 2.50. The SMILES string of the molecule is CCC(C#N)n1cc(Br)c([N+](=O)[O-])n1. The molecule has 1 aromatic rings. The molecule has 0 aliphatic carbocycles. The fourth-order valence-corrected chi connectivity index (χ4v) is 1.41. The molecule has 1 atom stereocenters. The standard InChI is InChI=1S/C7H7BrN4O2/c1-2-5(3-9)11-4-6(8)7(10-11)12(13)14/h4-5H,2H2,1H3. The molecule has 7 heteroatoms. The van der Waals surface area contributed by atoms with E-state index in [2.05, 4.69) is 21.0 Å². The van der Waals surface area contributed by atoms with Gasteiger partial charge in [0.05, 0.1) is 17.4 Å². The van der Waals surface area contributed by atoms with E-state index in [-0.39, 0.29) is 10.3 Å². The molecule has 14 heavy (non-hydrogen) atoms. The van der Waals surface area contributed by atoms with E-state index in [1.807, 2.05) is 13.0 Å². The van der Waals surface area contributed by atoms with Crippen LogP contribution >= 0.6 is 15.9 Å². The summed E-state index contributed by atoms with van der Waals surface area (Å²) in [5.41, 5.74) is 0. The van der Waals surface area contributed by atoms with Gasteiger partial charge in [0.1, 0.15) is 4.47 Å². The van der Waals surface area contributed by atoms with Gasteiger partial charge in [0, 0.05) is 0 Å². The fraction of sp³-hybridized carbons (Fsp3) is 0.429. The Morgan fingerprint density at radius 1 is 1.93 bits per heavy atom. The van der Waals surface area contributed by atoms with Gasteiger partial charge >= 0.3 is 5.82 Å². The monoisotopic (exact) mass is 258 g/mol. The fourth-order valence-electron chi connectivity index (χ4n) is 0.981. The highest BCUT2D eigenvalue weighted by Crippen LogP contribution is 2.24. The Hall–Kier alpha value is -1.42. The normalized spacial score (nSPS) is 12.1. The summed E-state index contributed by atoms with van der Waals surface area (Å²) in [6, 6.07) is 1.55. The van der Waals surface area contributed by atoms with Crippen molar-refractivity contribution >= 4 is 21.7 Å². The zero-order chi connectivity index (χ0) is 10.7. The molecule has 0 saturated heterocycles. The third-order valence-corrected chi connectivity index (χ3v) is 2.26. The number of nitrogens with zero attached hydrogens (tertiary/aromatic N) is 4. The molecule has 1 aromatic heterocycles. The predicted molar refractivity (Wildman–Crippen MR) is 51.5 cm³/mol. The van der Waals surface area contributed by atoms with Crippen LogP contribution in [0.3, 0.4) is 0 Å². The highest BCUT2D eigenvalue weighted by Gasteiger charge is 2.22. The van der Waals surface area contributed by atoms with Gasteiger partial charge in [0.25, 0.3) is 0 Å². The molecule has 0 saturated carbocycles. The molecule has 1 rings (SSSR count). The number of aromatic nitrogens is 2. The number of halogens is 1. The van der Waals surface area contributed by atoms with E-state index in [0.717, 1.165) is 0 Å². The maximum absolute atomic E-state index is 10.5. The number of hydrogen-bond donors (Lipinski definition) is 0. The van der Waals surface area contributed by atoms with Gasteiger partial charge in [-0.3, -0.25) is 0 Å². The van der Waals surface area contributed by atoms with Crippen molar-refractivity contribution in [1.82, 2.24) is 9.78 Å². The zero-order valence-electron chi connectivity index (χ0n) is 7.35. The van der Waals surface area contributed by atoms with Crippen molar-refractivity contribution in [2.45, 2.75) is 19.4 Å². The molecule has 0 bridgehead atoms. The smallest absolute Gasteiger partial charge is 0.358 e. The van der Waals surface area contributed by atoms with Gasteiger partial charge in [0.2, 0.25) is 0 Å². The Kier molecular flexibility index (Phi) is 3.19. The van der Waals surface area contributed by atoms with Crippen molar-refractivity contribution in [1.29, 1.82) is 5.26 Å². The van der Waals surface area contributed by atoms with Crippen molar-refractivity contribution < 1.29 is 4.92 Å². The Balaban J connectivity index is 3.08. The molecule has 1 heterocycles. The molecule has 0 spiro atoms. The van der Waals surface area contributed by atoms with Gasteiger partial charge in [-0.05, 0) is 27.3 Å². The second kappa shape index (κ2) is 4.19. The van der Waals surface area contributed by atoms with E-state index in [0.29, 0.717) is 6.42 Å². The molecule has 0 aromatic carbocycles. The highest BCUT2D eigenvalue weighted by atomic mass is 79.9. The summed E-state index contributed by atoms with van der Waals surface area (Å²) in [5, 5.41) is 22.9. The number of nitro groups is 1. The van der Waals surface area contributed by atoms with E-state index < -0.39 is 11.0 Å². The molecule has 0 radical (unpaired) electrons. The first-order chi connectivity index (χ1) is 6.60. The summed E-state index contributed by atoms with van der Waals surface area (Å²) in [4.78, 5) is 9.86. The third-order valence-electron chi connectivity index (χ3n) is 1.70. The molecule has 74 valence electrons. The van der Waals surface area contributed by atoms with Crippen LogP contribution in [0.2, 0.25) is 0 Å². The van der Waals surface area contributed by atoms with Crippen LogP contribution in [0, 0.1) is 21.4 Å². The van der Waals surface area contributed by atoms with Gasteiger partial charge in [-0.2, -0.15) is 9.94 Å². The predicted octanol–water partition coefficient (Wildman–Crippen LogP) is 2.03. The van der Waals surface area contributed by atoms with E-state index in [9.17, 15) is 10.1 Å². The third kappa shape index (κ3) is 1.90. The van der Waals surface area contributed by atoms with Crippen LogP contribution in [-0.4, -0.2) is 14.7 Å². The van der Waals surface area contributed by atoms with Crippen LogP contribution in [0.5, 0.6) is 0 Å². The summed E-state index contributed by atoms with van der Waals surface area (Å²) < 4.78 is 1.58. The molecule has 0 aliphatic heterocycles. The lowest BCUT2D eigenvalue weighted by Gasteiger charge is -1.99. The van der Waals surface area contributed by atoms with Crippen LogP contribution < -0.4 is 0 Å². The van der Waals surface area contributed by atoms with Gasteiger partial charge in [0.15, 0.2) is 6.04 Å². The zero-order valence-corrected chi connectivity index (χ0v) is 8.93. The topological polar surface area (TPSA) is 84.8 Å². The minimum atomic E-state index is -0.593. The summed E-state index contributed by atoms with van der Waals surface area (Å²) in [6.07, 6.45) is 2.00. The molecule has 0 aliphatic rings. The molecule has 6 nitrogen and oxygen atoms in total. The minimum Gasteiger partial charge on any atom is -0.358 e. The van der Waals surface area contributed by atoms with Crippen molar-refractivity contribution in [3.8, 4) is 6.07 Å². The summed E-state index contributed by atoms with van der Waals surface area (Å²) in [5.74, 6) is -0.265. The molecule has 1 unspecified atom stereocenters. The molecular formula is C7H7BrN4O2. The average molecular weight is 259 g/mol. The maximum atomic E-state index is 10.5. The van der Waals surface area contributed by atoms with E-state index >= 15 is 0 Å². The Labute approximate surface area is 88.4 Å². The lowest BCUT2D eigenvalue weighted by molar-refractivity contribution is -0.390. The first kappa shape index (κ1) is 10.7. The number of hydrogen-bond acceptors (Lipinski definition) is 4. The van der Waals surface area contributed by atoms with Crippen LogP contribution in [0.25, 0.3) is 0 Å². The Morgan fingerprint density at radius 2 is 2.57 bits per heavy atom. The lowest BCUT2D eigenvalue weighted by Crippen LogP contribution is -2.06. The molecular weight excluding hydrogens is 252 g/mol. The Morgan fingerprint density at radius 3 is 2.93 bits per heavy atom. The van der Waals surface area contributed by atoms with Gasteiger partial charge in [-0.15, -0.1) is 0 Å². The van der Waals surface area contributed by atoms with E-state index in [4.69, 9.17) is 5.26 Å². The van der Waals surface area contributed by atoms with Crippen LogP contribution in [0.1, 0.15) is 19.4 Å². The second-order valence-electron chi connectivity index (χ2n) is 2.59. The largest absolute Gasteiger partial charge is 0.404 e. The molecule has 0 amide bonds. The van der Waals surface area contributed by atoms with E-state index in [1.54, 1.807) is 0 Å². The highest BCUT2D eigenvalue weighted by molar-refractivity contribution is 9.10. The summed E-state index contributed by atoms with van der Waals surface area (Å²) in [6.45, 7) is 1.81. The molecule has 0 N–H and O–H groups in total. The van der Waals surface area contributed by atoms with Crippen molar-refractivity contribution in [3.63, 3.8) is 0 Å². The lowest BCUT2D eigenvalue weighted by atomic mass is 10.3. The van der Waals surface area contributed by atoms with Crippen LogP contribution in [0.4, 0.5) is 5.82 Å². The van der Waals surface area contributed by atoms with Gasteiger partial charge < -0.3 is 10.1 Å². The van der Waals surface area contributed by atoms with Gasteiger partial charge in [-0.25, -0.2) is 0 Å². The quantitative estimate of drug-likeness (QED) is 0.613. The van der Waals surface area contributed by atoms with Crippen LogP contribution in [0.15, 0.2) is 10.7 Å². The summed E-state index contributed by atoms with van der Waals surface area (Å²) >= 11 is 3.01. The first-order valence-electron chi connectivity index (χ1n) is 3.88. The Bertz CT molecular complexity index is 395. The maximum Gasteiger partial charge on any atom is 0.404 e. The summed E-state index contributed by atoms with van der Waals surface area (Å²) in [7, 11) is 0. The second-order valence-corrected chi connectivity index (χ2v) is 3.45. The van der Waals surface area contributed by atoms with E-state index in [1.165, 1.54) is 10.9 Å².